The third kappa shape index (κ3) is 2.52. The van der Waals surface area contributed by atoms with E-state index in [1.54, 1.807) is 17.1 Å². The van der Waals surface area contributed by atoms with Crippen LogP contribution in [0.1, 0.15) is 17.4 Å². The van der Waals surface area contributed by atoms with Gasteiger partial charge in [0.2, 0.25) is 0 Å². The minimum Gasteiger partial charge on any atom is -0.373 e. The molecule has 0 aliphatic carbocycles. The Morgan fingerprint density at radius 3 is 3.06 bits per heavy atom. The maximum absolute atomic E-state index is 12.3. The minimum atomic E-state index is 0.0201. The van der Waals surface area contributed by atoms with E-state index < -0.39 is 0 Å². The van der Waals surface area contributed by atoms with Crippen LogP contribution in [0.5, 0.6) is 0 Å². The molecule has 17 heavy (non-hydrogen) atoms. The molecule has 5 nitrogen and oxygen atoms in total. The van der Waals surface area contributed by atoms with Crippen LogP contribution in [0.2, 0.25) is 0 Å². The Bertz CT molecular complexity index is 407. The second-order valence-corrected chi connectivity index (χ2v) is 4.95. The summed E-state index contributed by atoms with van der Waals surface area (Å²) in [5.74, 6) is 0.0201. The second kappa shape index (κ2) is 5.18. The number of aryl methyl sites for hydroxylation is 1. The number of morpholine rings is 1. The number of rotatable bonds is 2. The van der Waals surface area contributed by atoms with E-state index in [0.29, 0.717) is 18.8 Å². The van der Waals surface area contributed by atoms with E-state index in [9.17, 15) is 4.79 Å². The highest BCUT2D eigenvalue weighted by Gasteiger charge is 2.30. The van der Waals surface area contributed by atoms with Gasteiger partial charge >= 0.3 is 0 Å². The second-order valence-electron chi connectivity index (χ2n) is 4.31. The number of carbonyl (C=O) groups excluding carboxylic acids is 1. The Labute approximate surface area is 109 Å². The quantitative estimate of drug-likeness (QED) is 0.767. The van der Waals surface area contributed by atoms with Crippen molar-refractivity contribution in [1.82, 2.24) is 14.5 Å². The average Bonchev–Trinajstić information content (AvgIpc) is 2.75. The van der Waals surface area contributed by atoms with Crippen LogP contribution in [0.4, 0.5) is 0 Å². The van der Waals surface area contributed by atoms with Crippen LogP contribution >= 0.6 is 15.9 Å². The number of imidazole rings is 1. The number of nitrogens with zero attached hydrogens (tertiary/aromatic N) is 3. The predicted octanol–water partition coefficient (Wildman–Crippen LogP) is 1.04. The molecule has 2 unspecified atom stereocenters. The van der Waals surface area contributed by atoms with Gasteiger partial charge in [-0.25, -0.2) is 4.98 Å². The summed E-state index contributed by atoms with van der Waals surface area (Å²) in [4.78, 5) is 18.2. The Kier molecular flexibility index (Phi) is 3.83. The fraction of sp³-hybridized carbons (Fsp3) is 0.636. The SMILES string of the molecule is CC1COC(CBr)CN1C(=O)c1cncn1C. The molecular formula is C11H16BrN3O2. The lowest BCUT2D eigenvalue weighted by molar-refractivity contribution is -0.0364. The van der Waals surface area contributed by atoms with Gasteiger partial charge in [-0.1, -0.05) is 15.9 Å². The first-order valence-electron chi connectivity index (χ1n) is 5.58. The van der Waals surface area contributed by atoms with Gasteiger partial charge in [-0.3, -0.25) is 4.79 Å². The molecule has 1 aromatic heterocycles. The van der Waals surface area contributed by atoms with Crippen molar-refractivity contribution in [3.05, 3.63) is 18.2 Å². The zero-order valence-electron chi connectivity index (χ0n) is 9.97. The summed E-state index contributed by atoms with van der Waals surface area (Å²) < 4.78 is 7.35. The smallest absolute Gasteiger partial charge is 0.272 e. The van der Waals surface area contributed by atoms with E-state index in [1.165, 1.54) is 0 Å². The first kappa shape index (κ1) is 12.6. The molecule has 0 aromatic carbocycles. The summed E-state index contributed by atoms with van der Waals surface area (Å²) >= 11 is 3.39. The number of amides is 1. The van der Waals surface area contributed by atoms with Crippen LogP contribution in [0, 0.1) is 0 Å². The van der Waals surface area contributed by atoms with E-state index in [0.717, 1.165) is 5.33 Å². The van der Waals surface area contributed by atoms with E-state index in [2.05, 4.69) is 20.9 Å². The molecule has 0 radical (unpaired) electrons. The molecule has 1 saturated heterocycles. The molecule has 2 atom stereocenters. The lowest BCUT2D eigenvalue weighted by atomic mass is 10.2. The molecule has 0 saturated carbocycles. The van der Waals surface area contributed by atoms with E-state index in [-0.39, 0.29) is 18.1 Å². The molecule has 0 N–H and O–H groups in total. The van der Waals surface area contributed by atoms with Crippen molar-refractivity contribution < 1.29 is 9.53 Å². The first-order chi connectivity index (χ1) is 8.13. The van der Waals surface area contributed by atoms with Crippen molar-refractivity contribution in [2.45, 2.75) is 19.1 Å². The largest absolute Gasteiger partial charge is 0.373 e. The highest BCUT2D eigenvalue weighted by Crippen LogP contribution is 2.16. The molecule has 1 aliphatic rings. The monoisotopic (exact) mass is 301 g/mol. The molecule has 2 rings (SSSR count). The maximum Gasteiger partial charge on any atom is 0.272 e. The van der Waals surface area contributed by atoms with Gasteiger partial charge in [0.05, 0.1) is 31.3 Å². The van der Waals surface area contributed by atoms with Crippen molar-refractivity contribution in [2.75, 3.05) is 18.5 Å². The summed E-state index contributed by atoms with van der Waals surface area (Å²) in [5, 5.41) is 0.745. The van der Waals surface area contributed by atoms with Gasteiger partial charge in [0.1, 0.15) is 5.69 Å². The highest BCUT2D eigenvalue weighted by atomic mass is 79.9. The van der Waals surface area contributed by atoms with Gasteiger partial charge in [-0.15, -0.1) is 0 Å². The van der Waals surface area contributed by atoms with Gasteiger partial charge in [0.15, 0.2) is 0 Å². The summed E-state index contributed by atoms with van der Waals surface area (Å²) in [6.45, 7) is 3.20. The molecule has 1 amide bonds. The molecule has 0 spiro atoms. The molecule has 94 valence electrons. The number of alkyl halides is 1. The summed E-state index contributed by atoms with van der Waals surface area (Å²) in [6, 6.07) is 0.104. The Balaban J connectivity index is 2.15. The van der Waals surface area contributed by atoms with Gasteiger partial charge in [0, 0.05) is 18.9 Å². The van der Waals surface area contributed by atoms with Gasteiger partial charge in [0.25, 0.3) is 5.91 Å². The lowest BCUT2D eigenvalue weighted by Gasteiger charge is -2.37. The normalized spacial score (nSPS) is 25.0. The fourth-order valence-corrected chi connectivity index (χ4v) is 2.30. The molecule has 0 bridgehead atoms. The Morgan fingerprint density at radius 1 is 1.71 bits per heavy atom. The Morgan fingerprint density at radius 2 is 2.47 bits per heavy atom. The molecule has 6 heteroatoms. The first-order valence-corrected chi connectivity index (χ1v) is 6.70. The number of aromatic nitrogens is 2. The van der Waals surface area contributed by atoms with Gasteiger partial charge < -0.3 is 14.2 Å². The topological polar surface area (TPSA) is 47.4 Å². The molecule has 1 fully saturated rings. The van der Waals surface area contributed by atoms with Crippen LogP contribution in [0.25, 0.3) is 0 Å². The van der Waals surface area contributed by atoms with Crippen LogP contribution in [-0.4, -0.2) is 51.0 Å². The zero-order chi connectivity index (χ0) is 12.4. The van der Waals surface area contributed by atoms with Crippen molar-refractivity contribution >= 4 is 21.8 Å². The lowest BCUT2D eigenvalue weighted by Crippen LogP contribution is -2.51. The van der Waals surface area contributed by atoms with E-state index >= 15 is 0 Å². The number of hydrogen-bond donors (Lipinski definition) is 0. The average molecular weight is 302 g/mol. The molecule has 1 aromatic rings. The maximum atomic E-state index is 12.3. The number of carbonyl (C=O) groups is 1. The van der Waals surface area contributed by atoms with Crippen molar-refractivity contribution in [1.29, 1.82) is 0 Å². The summed E-state index contributed by atoms with van der Waals surface area (Å²) in [7, 11) is 1.83. The predicted molar refractivity (Wildman–Crippen MR) is 67.2 cm³/mol. The van der Waals surface area contributed by atoms with Crippen LogP contribution in [0.3, 0.4) is 0 Å². The number of hydrogen-bond acceptors (Lipinski definition) is 3. The summed E-state index contributed by atoms with van der Waals surface area (Å²) in [5.41, 5.74) is 0.618. The fourth-order valence-electron chi connectivity index (χ4n) is 1.90. The summed E-state index contributed by atoms with van der Waals surface area (Å²) in [6.07, 6.45) is 3.32. The van der Waals surface area contributed by atoms with Crippen molar-refractivity contribution in [3.8, 4) is 0 Å². The van der Waals surface area contributed by atoms with E-state index in [1.807, 2.05) is 18.9 Å². The molecule has 1 aliphatic heterocycles. The standard InChI is InChI=1S/C11H16BrN3O2/c1-8-6-17-9(3-12)5-15(8)11(16)10-4-13-7-14(10)2/h4,7-9H,3,5-6H2,1-2H3. The molecule has 2 heterocycles. The molecular weight excluding hydrogens is 286 g/mol. The van der Waals surface area contributed by atoms with Gasteiger partial charge in [-0.05, 0) is 6.92 Å². The van der Waals surface area contributed by atoms with Crippen molar-refractivity contribution in [3.63, 3.8) is 0 Å². The number of halogens is 1. The third-order valence-corrected chi connectivity index (χ3v) is 3.70. The van der Waals surface area contributed by atoms with Gasteiger partial charge in [-0.2, -0.15) is 0 Å². The van der Waals surface area contributed by atoms with E-state index in [4.69, 9.17) is 4.74 Å². The zero-order valence-corrected chi connectivity index (χ0v) is 11.6. The third-order valence-electron chi connectivity index (χ3n) is 2.97. The Hall–Kier alpha value is -0.880. The van der Waals surface area contributed by atoms with Crippen LogP contribution in [-0.2, 0) is 11.8 Å². The number of ether oxygens (including phenoxy) is 1. The van der Waals surface area contributed by atoms with Crippen LogP contribution in [0.15, 0.2) is 12.5 Å². The van der Waals surface area contributed by atoms with Crippen LogP contribution < -0.4 is 0 Å². The van der Waals surface area contributed by atoms with Crippen molar-refractivity contribution in [2.24, 2.45) is 7.05 Å². The minimum absolute atomic E-state index is 0.0201. The highest BCUT2D eigenvalue weighted by molar-refractivity contribution is 9.09.